The van der Waals surface area contributed by atoms with Crippen molar-refractivity contribution in [2.75, 3.05) is 0 Å². The van der Waals surface area contributed by atoms with E-state index < -0.39 is 0 Å². The third kappa shape index (κ3) is 1.91. The molecule has 0 spiro atoms. The number of nitrogens with zero attached hydrogens (tertiary/aromatic N) is 1. The van der Waals surface area contributed by atoms with Gasteiger partial charge in [0.2, 0.25) is 0 Å². The first-order valence-electron chi connectivity index (χ1n) is 4.14. The van der Waals surface area contributed by atoms with Crippen LogP contribution in [-0.2, 0) is 0 Å². The van der Waals surface area contributed by atoms with E-state index in [1.807, 2.05) is 0 Å². The van der Waals surface area contributed by atoms with Gasteiger partial charge in [0, 0.05) is 5.56 Å². The summed E-state index contributed by atoms with van der Waals surface area (Å²) in [5.41, 5.74) is 1.41. The quantitative estimate of drug-likeness (QED) is 0.652. The van der Waals surface area contributed by atoms with Crippen LogP contribution in [0, 0.1) is 5.82 Å². The summed E-state index contributed by atoms with van der Waals surface area (Å²) in [6.45, 7) is 0. The van der Waals surface area contributed by atoms with Crippen LogP contribution < -0.4 is 0 Å². The lowest BCUT2D eigenvalue weighted by atomic mass is 10.1. The van der Waals surface area contributed by atoms with Gasteiger partial charge in [0.15, 0.2) is 0 Å². The first kappa shape index (κ1) is 9.16. The first-order valence-corrected chi connectivity index (χ1v) is 4.52. The molecular formula is C11H7ClFN. The predicted molar refractivity (Wildman–Crippen MR) is 54.6 cm³/mol. The highest BCUT2D eigenvalue weighted by molar-refractivity contribution is 6.29. The molecule has 14 heavy (non-hydrogen) atoms. The average Bonchev–Trinajstić information content (AvgIpc) is 2.18. The summed E-state index contributed by atoms with van der Waals surface area (Å²) < 4.78 is 12.9. The van der Waals surface area contributed by atoms with Crippen LogP contribution >= 0.6 is 11.6 Å². The van der Waals surface area contributed by atoms with E-state index in [1.54, 1.807) is 30.3 Å². The topological polar surface area (TPSA) is 12.9 Å². The molecule has 0 aliphatic heterocycles. The van der Waals surface area contributed by atoms with Crippen LogP contribution in [0.15, 0.2) is 42.5 Å². The lowest BCUT2D eigenvalue weighted by molar-refractivity contribution is 0.628. The summed E-state index contributed by atoms with van der Waals surface area (Å²) in [6, 6.07) is 11.5. The Hall–Kier alpha value is -1.41. The monoisotopic (exact) mass is 207 g/mol. The number of rotatable bonds is 1. The second kappa shape index (κ2) is 3.76. The van der Waals surface area contributed by atoms with E-state index in [4.69, 9.17) is 11.6 Å². The molecule has 1 aromatic heterocycles. The van der Waals surface area contributed by atoms with Crippen LogP contribution in [0.4, 0.5) is 4.39 Å². The lowest BCUT2D eigenvalue weighted by Gasteiger charge is -2.00. The van der Waals surface area contributed by atoms with Crippen molar-refractivity contribution in [3.63, 3.8) is 0 Å². The molecule has 3 heteroatoms. The maximum Gasteiger partial charge on any atom is 0.129 e. The maximum atomic E-state index is 12.9. The standard InChI is InChI=1S/C11H7ClFN/c12-11-6-2-5-10(14-11)8-3-1-4-9(13)7-8/h1-7H. The molecule has 0 saturated heterocycles. The van der Waals surface area contributed by atoms with E-state index in [1.165, 1.54) is 12.1 Å². The first-order chi connectivity index (χ1) is 6.75. The average molecular weight is 208 g/mol. The molecule has 2 rings (SSSR count). The highest BCUT2D eigenvalue weighted by Crippen LogP contribution is 2.19. The minimum absolute atomic E-state index is 0.274. The Labute approximate surface area is 86.2 Å². The fourth-order valence-electron chi connectivity index (χ4n) is 1.22. The molecule has 0 saturated carbocycles. The Kier molecular flexibility index (Phi) is 2.46. The minimum atomic E-state index is -0.274. The largest absolute Gasteiger partial charge is 0.236 e. The fourth-order valence-corrected chi connectivity index (χ4v) is 1.38. The Bertz CT molecular complexity index is 413. The Morgan fingerprint density at radius 3 is 2.57 bits per heavy atom. The van der Waals surface area contributed by atoms with Crippen LogP contribution in [0.3, 0.4) is 0 Å². The van der Waals surface area contributed by atoms with E-state index in [0.717, 1.165) is 5.56 Å². The molecular weight excluding hydrogens is 201 g/mol. The third-order valence-corrected chi connectivity index (χ3v) is 2.05. The van der Waals surface area contributed by atoms with Gasteiger partial charge in [-0.15, -0.1) is 0 Å². The number of hydrogen-bond donors (Lipinski definition) is 0. The second-order valence-electron chi connectivity index (χ2n) is 2.86. The van der Waals surface area contributed by atoms with Gasteiger partial charge in [0.25, 0.3) is 0 Å². The van der Waals surface area contributed by atoms with E-state index >= 15 is 0 Å². The molecule has 0 amide bonds. The van der Waals surface area contributed by atoms with Gasteiger partial charge in [-0.1, -0.05) is 29.8 Å². The van der Waals surface area contributed by atoms with Crippen LogP contribution in [0.2, 0.25) is 5.15 Å². The zero-order valence-electron chi connectivity index (χ0n) is 7.24. The summed E-state index contributed by atoms with van der Waals surface area (Å²) in [7, 11) is 0. The highest BCUT2D eigenvalue weighted by atomic mass is 35.5. The molecule has 0 radical (unpaired) electrons. The maximum absolute atomic E-state index is 12.9. The summed E-state index contributed by atoms with van der Waals surface area (Å²) in [4.78, 5) is 4.08. The normalized spacial score (nSPS) is 10.1. The van der Waals surface area contributed by atoms with Crippen molar-refractivity contribution in [2.45, 2.75) is 0 Å². The molecule has 70 valence electrons. The Balaban J connectivity index is 2.49. The van der Waals surface area contributed by atoms with Crippen molar-refractivity contribution in [1.82, 2.24) is 4.98 Å². The molecule has 0 N–H and O–H groups in total. The van der Waals surface area contributed by atoms with Gasteiger partial charge >= 0.3 is 0 Å². The van der Waals surface area contributed by atoms with E-state index in [2.05, 4.69) is 4.98 Å². The van der Waals surface area contributed by atoms with Crippen LogP contribution in [0.25, 0.3) is 11.3 Å². The van der Waals surface area contributed by atoms with E-state index in [9.17, 15) is 4.39 Å². The van der Waals surface area contributed by atoms with Crippen molar-refractivity contribution >= 4 is 11.6 Å². The molecule has 0 atom stereocenters. The zero-order chi connectivity index (χ0) is 9.97. The number of pyridine rings is 1. The van der Waals surface area contributed by atoms with Gasteiger partial charge in [-0.2, -0.15) is 0 Å². The second-order valence-corrected chi connectivity index (χ2v) is 3.24. The SMILES string of the molecule is Fc1cccc(-c2cccc(Cl)n2)c1. The van der Waals surface area contributed by atoms with Gasteiger partial charge in [-0.25, -0.2) is 9.37 Å². The summed E-state index contributed by atoms with van der Waals surface area (Å²) in [5.74, 6) is -0.274. The van der Waals surface area contributed by atoms with Crippen LogP contribution in [-0.4, -0.2) is 4.98 Å². The van der Waals surface area contributed by atoms with Crippen molar-refractivity contribution in [3.8, 4) is 11.3 Å². The number of hydrogen-bond acceptors (Lipinski definition) is 1. The van der Waals surface area contributed by atoms with Gasteiger partial charge in [0.1, 0.15) is 11.0 Å². The summed E-state index contributed by atoms with van der Waals surface area (Å²) in [5, 5.41) is 0.409. The van der Waals surface area contributed by atoms with Gasteiger partial charge in [0.05, 0.1) is 5.69 Å². The number of aromatic nitrogens is 1. The minimum Gasteiger partial charge on any atom is -0.236 e. The molecule has 0 aliphatic rings. The zero-order valence-corrected chi connectivity index (χ0v) is 8.00. The third-order valence-electron chi connectivity index (χ3n) is 1.84. The number of halogens is 2. The summed E-state index contributed by atoms with van der Waals surface area (Å²) in [6.07, 6.45) is 0. The Morgan fingerprint density at radius 1 is 1.07 bits per heavy atom. The smallest absolute Gasteiger partial charge is 0.129 e. The predicted octanol–water partition coefficient (Wildman–Crippen LogP) is 3.54. The van der Waals surface area contributed by atoms with Crippen molar-refractivity contribution in [1.29, 1.82) is 0 Å². The van der Waals surface area contributed by atoms with E-state index in [-0.39, 0.29) is 5.82 Å². The molecule has 1 aromatic carbocycles. The molecule has 1 heterocycles. The molecule has 0 aliphatic carbocycles. The molecule has 0 fully saturated rings. The van der Waals surface area contributed by atoms with Gasteiger partial charge in [-0.05, 0) is 24.3 Å². The number of benzene rings is 1. The van der Waals surface area contributed by atoms with Crippen LogP contribution in [0.5, 0.6) is 0 Å². The van der Waals surface area contributed by atoms with E-state index in [0.29, 0.717) is 10.8 Å². The molecule has 0 unspecified atom stereocenters. The lowest BCUT2D eigenvalue weighted by Crippen LogP contribution is -1.84. The molecule has 2 aromatic rings. The summed E-state index contributed by atoms with van der Waals surface area (Å²) >= 11 is 5.73. The highest BCUT2D eigenvalue weighted by Gasteiger charge is 2.00. The fraction of sp³-hybridized carbons (Fsp3) is 0. The van der Waals surface area contributed by atoms with Crippen molar-refractivity contribution in [3.05, 3.63) is 53.4 Å². The Morgan fingerprint density at radius 2 is 1.86 bits per heavy atom. The van der Waals surface area contributed by atoms with Crippen molar-refractivity contribution < 1.29 is 4.39 Å². The van der Waals surface area contributed by atoms with Crippen molar-refractivity contribution in [2.24, 2.45) is 0 Å². The molecule has 0 bridgehead atoms. The molecule has 1 nitrogen and oxygen atoms in total. The van der Waals surface area contributed by atoms with Gasteiger partial charge < -0.3 is 0 Å². The van der Waals surface area contributed by atoms with Crippen LogP contribution in [0.1, 0.15) is 0 Å². The van der Waals surface area contributed by atoms with Gasteiger partial charge in [-0.3, -0.25) is 0 Å².